The van der Waals surface area contributed by atoms with Crippen molar-refractivity contribution in [3.05, 3.63) is 95.3 Å². The Balaban J connectivity index is 1.65. The van der Waals surface area contributed by atoms with Crippen molar-refractivity contribution in [1.82, 2.24) is 9.55 Å². The Morgan fingerprint density at radius 2 is 1.63 bits per heavy atom. The Labute approximate surface area is 157 Å². The number of nitrogens with one attached hydrogen (secondary N) is 1. The van der Waals surface area contributed by atoms with Gasteiger partial charge >= 0.3 is 0 Å². The van der Waals surface area contributed by atoms with Crippen LogP contribution in [0.3, 0.4) is 0 Å². The van der Waals surface area contributed by atoms with Gasteiger partial charge in [0.05, 0.1) is 23.1 Å². The molecule has 4 aromatic rings. The van der Waals surface area contributed by atoms with Crippen LogP contribution in [0, 0.1) is 12.7 Å². The van der Waals surface area contributed by atoms with Gasteiger partial charge < -0.3 is 9.88 Å². The van der Waals surface area contributed by atoms with E-state index in [0.717, 1.165) is 29.0 Å². The third-order valence-electron chi connectivity index (χ3n) is 5.40. The summed E-state index contributed by atoms with van der Waals surface area (Å²) < 4.78 is 15.7. The van der Waals surface area contributed by atoms with E-state index in [4.69, 9.17) is 4.98 Å². The summed E-state index contributed by atoms with van der Waals surface area (Å²) in [5.74, 6) is 0.652. The van der Waals surface area contributed by atoms with Gasteiger partial charge in [-0.1, -0.05) is 54.1 Å². The second kappa shape index (κ2) is 6.23. The predicted molar refractivity (Wildman–Crippen MR) is 106 cm³/mol. The van der Waals surface area contributed by atoms with Crippen LogP contribution in [0.4, 0.5) is 10.3 Å². The zero-order valence-electron chi connectivity index (χ0n) is 15.1. The van der Waals surface area contributed by atoms with Gasteiger partial charge in [0.2, 0.25) is 5.95 Å². The molecular weight excluding hydrogens is 337 g/mol. The molecule has 0 saturated heterocycles. The van der Waals surface area contributed by atoms with Gasteiger partial charge in [-0.05, 0) is 48.7 Å². The zero-order chi connectivity index (χ0) is 18.4. The maximum absolute atomic E-state index is 13.4. The Kier molecular flexibility index (Phi) is 3.71. The third kappa shape index (κ3) is 2.78. The number of benzene rings is 3. The Bertz CT molecular complexity index is 1100. The number of aromatic nitrogens is 2. The van der Waals surface area contributed by atoms with Crippen molar-refractivity contribution in [3.63, 3.8) is 0 Å². The number of anilines is 1. The lowest BCUT2D eigenvalue weighted by atomic mass is 9.92. The molecule has 2 heterocycles. The first-order valence-corrected chi connectivity index (χ1v) is 9.24. The van der Waals surface area contributed by atoms with Crippen molar-refractivity contribution >= 4 is 17.0 Å². The van der Waals surface area contributed by atoms with Crippen LogP contribution in [0.15, 0.2) is 72.8 Å². The lowest BCUT2D eigenvalue weighted by Crippen LogP contribution is -2.27. The van der Waals surface area contributed by atoms with E-state index in [0.29, 0.717) is 0 Å². The summed E-state index contributed by atoms with van der Waals surface area (Å²) in [6, 6.07) is 24.0. The lowest BCUT2D eigenvalue weighted by molar-refractivity contribution is 0.477. The third-order valence-corrected chi connectivity index (χ3v) is 5.40. The fourth-order valence-electron chi connectivity index (χ4n) is 3.99. The molecular formula is C23H20FN3. The zero-order valence-corrected chi connectivity index (χ0v) is 15.1. The summed E-state index contributed by atoms with van der Waals surface area (Å²) >= 11 is 0. The maximum Gasteiger partial charge on any atom is 0.204 e. The van der Waals surface area contributed by atoms with E-state index in [1.54, 1.807) is 0 Å². The highest BCUT2D eigenvalue weighted by atomic mass is 19.1. The number of rotatable bonds is 2. The number of fused-ring (bicyclic) bond motifs is 3. The van der Waals surface area contributed by atoms with Crippen molar-refractivity contribution in [3.8, 4) is 0 Å². The van der Waals surface area contributed by atoms with Crippen molar-refractivity contribution in [2.45, 2.75) is 25.4 Å². The lowest BCUT2D eigenvalue weighted by Gasteiger charge is -2.33. The van der Waals surface area contributed by atoms with Gasteiger partial charge in [-0.3, -0.25) is 0 Å². The highest BCUT2D eigenvalue weighted by molar-refractivity contribution is 5.79. The topological polar surface area (TPSA) is 29.9 Å². The molecule has 0 spiro atoms. The summed E-state index contributed by atoms with van der Waals surface area (Å²) in [4.78, 5) is 4.82. The number of hydrogen-bond acceptors (Lipinski definition) is 2. The van der Waals surface area contributed by atoms with Gasteiger partial charge in [0.1, 0.15) is 5.82 Å². The van der Waals surface area contributed by atoms with E-state index in [1.807, 2.05) is 24.3 Å². The molecule has 3 nitrogen and oxygen atoms in total. The fraction of sp³-hybridized carbons (Fsp3) is 0.174. The summed E-state index contributed by atoms with van der Waals surface area (Å²) in [6.07, 6.45) is 0.877. The molecule has 2 atom stereocenters. The molecule has 1 N–H and O–H groups in total. The van der Waals surface area contributed by atoms with Crippen LogP contribution in [-0.4, -0.2) is 9.55 Å². The highest BCUT2D eigenvalue weighted by Gasteiger charge is 2.30. The maximum atomic E-state index is 13.4. The number of para-hydroxylation sites is 2. The fourth-order valence-corrected chi connectivity index (χ4v) is 3.99. The summed E-state index contributed by atoms with van der Waals surface area (Å²) in [6.45, 7) is 2.10. The minimum Gasteiger partial charge on any atom is -0.349 e. The van der Waals surface area contributed by atoms with E-state index in [9.17, 15) is 4.39 Å². The van der Waals surface area contributed by atoms with Crippen LogP contribution in [0.1, 0.15) is 35.2 Å². The SMILES string of the molecule is Cc1ccc([C@H]2C[C@@H](c3ccc(F)cc3)Nc3nc4ccccc4n32)cc1. The predicted octanol–water partition coefficient (Wildman–Crippen LogP) is 5.63. The second-order valence-electron chi connectivity index (χ2n) is 7.20. The molecule has 27 heavy (non-hydrogen) atoms. The molecule has 0 amide bonds. The molecule has 4 heteroatoms. The first-order valence-electron chi connectivity index (χ1n) is 9.24. The second-order valence-corrected chi connectivity index (χ2v) is 7.20. The minimum atomic E-state index is -0.211. The van der Waals surface area contributed by atoms with Crippen molar-refractivity contribution in [2.75, 3.05) is 5.32 Å². The number of imidazole rings is 1. The largest absolute Gasteiger partial charge is 0.349 e. The number of nitrogens with zero attached hydrogens (tertiary/aromatic N) is 2. The van der Waals surface area contributed by atoms with Crippen LogP contribution in [0.25, 0.3) is 11.0 Å². The van der Waals surface area contributed by atoms with Crippen LogP contribution >= 0.6 is 0 Å². The Morgan fingerprint density at radius 1 is 0.926 bits per heavy atom. The van der Waals surface area contributed by atoms with E-state index in [2.05, 4.69) is 53.2 Å². The van der Waals surface area contributed by atoms with Gasteiger partial charge in [-0.25, -0.2) is 9.37 Å². The first-order chi connectivity index (χ1) is 13.2. The van der Waals surface area contributed by atoms with Crippen molar-refractivity contribution in [2.24, 2.45) is 0 Å². The average Bonchev–Trinajstić information content (AvgIpc) is 3.07. The number of aryl methyl sites for hydroxylation is 1. The van der Waals surface area contributed by atoms with Crippen LogP contribution in [-0.2, 0) is 0 Å². The van der Waals surface area contributed by atoms with E-state index < -0.39 is 0 Å². The van der Waals surface area contributed by atoms with Gasteiger partial charge in [-0.2, -0.15) is 0 Å². The molecule has 0 fully saturated rings. The molecule has 0 aliphatic carbocycles. The molecule has 1 aromatic heterocycles. The molecule has 0 unspecified atom stereocenters. The Morgan fingerprint density at radius 3 is 2.41 bits per heavy atom. The van der Waals surface area contributed by atoms with Crippen molar-refractivity contribution in [1.29, 1.82) is 0 Å². The monoisotopic (exact) mass is 357 g/mol. The molecule has 3 aromatic carbocycles. The van der Waals surface area contributed by atoms with Crippen LogP contribution in [0.5, 0.6) is 0 Å². The Hall–Kier alpha value is -3.14. The summed E-state index contributed by atoms with van der Waals surface area (Å²) in [7, 11) is 0. The molecule has 1 aliphatic rings. The molecule has 1 aliphatic heterocycles. The molecule has 0 bridgehead atoms. The van der Waals surface area contributed by atoms with E-state index in [1.165, 1.54) is 23.3 Å². The average molecular weight is 357 g/mol. The van der Waals surface area contributed by atoms with Gasteiger partial charge in [-0.15, -0.1) is 0 Å². The quantitative estimate of drug-likeness (QED) is 0.504. The minimum absolute atomic E-state index is 0.0845. The highest BCUT2D eigenvalue weighted by Crippen LogP contribution is 2.41. The van der Waals surface area contributed by atoms with Crippen LogP contribution < -0.4 is 5.32 Å². The normalized spacial score (nSPS) is 18.9. The number of halogens is 1. The van der Waals surface area contributed by atoms with Gasteiger partial charge in [0, 0.05) is 0 Å². The molecule has 134 valence electrons. The standard InChI is InChI=1S/C23H20FN3/c1-15-6-8-17(9-7-15)22-14-20(16-10-12-18(24)13-11-16)26-23-25-19-4-2-3-5-21(19)27(22)23/h2-13,20,22H,14H2,1H3,(H,25,26)/t20-,22+/m0/s1. The van der Waals surface area contributed by atoms with Crippen LogP contribution in [0.2, 0.25) is 0 Å². The molecule has 5 rings (SSSR count). The number of hydrogen-bond donors (Lipinski definition) is 1. The van der Waals surface area contributed by atoms with Crippen molar-refractivity contribution < 1.29 is 4.39 Å². The summed E-state index contributed by atoms with van der Waals surface area (Å²) in [5, 5.41) is 3.56. The first kappa shape index (κ1) is 16.1. The summed E-state index contributed by atoms with van der Waals surface area (Å²) in [5.41, 5.74) is 5.70. The molecule has 0 saturated carbocycles. The van der Waals surface area contributed by atoms with Gasteiger partial charge in [0.25, 0.3) is 0 Å². The molecule has 0 radical (unpaired) electrons. The van der Waals surface area contributed by atoms with E-state index >= 15 is 0 Å². The van der Waals surface area contributed by atoms with Gasteiger partial charge in [0.15, 0.2) is 0 Å². The van der Waals surface area contributed by atoms with E-state index in [-0.39, 0.29) is 17.9 Å². The smallest absolute Gasteiger partial charge is 0.204 e.